The highest BCUT2D eigenvalue weighted by atomic mass is 28.3. The van der Waals surface area contributed by atoms with Crippen LogP contribution >= 0.6 is 0 Å². The van der Waals surface area contributed by atoms with Crippen molar-refractivity contribution in [1.29, 1.82) is 0 Å². The molecule has 0 bridgehead atoms. The van der Waals surface area contributed by atoms with Crippen molar-refractivity contribution in [3.8, 4) is 11.4 Å². The minimum Gasteiger partial charge on any atom is -0.478 e. The molecule has 0 atom stereocenters. The third-order valence-corrected chi connectivity index (χ3v) is 7.94. The summed E-state index contributed by atoms with van der Waals surface area (Å²) in [6.07, 6.45) is 6.29. The Morgan fingerprint density at radius 1 is 1.31 bits per heavy atom. The monoisotopic (exact) mass is 455 g/mol. The highest BCUT2D eigenvalue weighted by Gasteiger charge is 2.31. The lowest BCUT2D eigenvalue weighted by Crippen LogP contribution is -2.23. The van der Waals surface area contributed by atoms with Crippen molar-refractivity contribution in [1.82, 2.24) is 24.3 Å². The molecule has 1 N–H and O–H groups in total. The molecule has 1 aliphatic carbocycles. The molecule has 172 valence electrons. The van der Waals surface area contributed by atoms with Gasteiger partial charge in [0, 0.05) is 39.2 Å². The third kappa shape index (κ3) is 4.49. The van der Waals surface area contributed by atoms with Crippen molar-refractivity contribution in [2.24, 2.45) is 12.5 Å². The van der Waals surface area contributed by atoms with Crippen LogP contribution < -0.4 is 0 Å². The van der Waals surface area contributed by atoms with Gasteiger partial charge in [-0.2, -0.15) is 5.10 Å². The van der Waals surface area contributed by atoms with E-state index in [1.165, 1.54) is 11.3 Å². The molecule has 3 aromatic rings. The number of fused-ring (bicyclic) bond motifs is 2. The Labute approximate surface area is 189 Å². The predicted molar refractivity (Wildman–Crippen MR) is 127 cm³/mol. The van der Waals surface area contributed by atoms with Crippen LogP contribution in [-0.2, 0) is 31.4 Å². The van der Waals surface area contributed by atoms with Gasteiger partial charge >= 0.3 is 5.97 Å². The predicted octanol–water partition coefficient (Wildman–Crippen LogP) is 4.36. The molecule has 0 aliphatic heterocycles. The molecule has 3 aromatic heterocycles. The van der Waals surface area contributed by atoms with Gasteiger partial charge in [0.05, 0.1) is 6.20 Å². The van der Waals surface area contributed by atoms with Crippen LogP contribution in [0.15, 0.2) is 12.4 Å². The number of hydrogen-bond acceptors (Lipinski definition) is 5. The maximum Gasteiger partial charge on any atom is 0.339 e. The van der Waals surface area contributed by atoms with Gasteiger partial charge in [0.1, 0.15) is 29.2 Å². The van der Waals surface area contributed by atoms with E-state index in [-0.39, 0.29) is 17.7 Å². The fraction of sp³-hybridized carbons (Fsp3) is 0.565. The van der Waals surface area contributed by atoms with Crippen LogP contribution in [0.2, 0.25) is 25.7 Å². The van der Waals surface area contributed by atoms with Crippen LogP contribution in [0.3, 0.4) is 0 Å². The van der Waals surface area contributed by atoms with Crippen LogP contribution in [0.5, 0.6) is 0 Å². The van der Waals surface area contributed by atoms with Crippen molar-refractivity contribution >= 4 is 25.2 Å². The SMILES string of the molecule is Cn1nc(-c2cnc3c(n2)c(C(=O)O)cn3COCC[Si](C)(C)C)c2c1CCC(C)(C)C2. The van der Waals surface area contributed by atoms with Gasteiger partial charge in [-0.05, 0) is 30.7 Å². The fourth-order valence-electron chi connectivity index (χ4n) is 4.29. The van der Waals surface area contributed by atoms with Gasteiger partial charge in [-0.15, -0.1) is 0 Å². The second-order valence-corrected chi connectivity index (χ2v) is 16.5. The Kier molecular flexibility index (Phi) is 5.75. The van der Waals surface area contributed by atoms with E-state index in [0.29, 0.717) is 23.5 Å². The van der Waals surface area contributed by atoms with Crippen molar-refractivity contribution < 1.29 is 14.6 Å². The Morgan fingerprint density at radius 3 is 2.75 bits per heavy atom. The quantitative estimate of drug-likeness (QED) is 0.420. The number of carbonyl (C=O) groups is 1. The standard InChI is InChI=1S/C23H33N5O3Si/c1-23(2)8-7-18-15(11-23)19(26-27(18)3)17-12-24-21-20(25-17)16(22(29)30)13-28(21)14-31-9-10-32(4,5)6/h12-13H,7-11,14H2,1-6H3,(H,29,30). The van der Waals surface area contributed by atoms with Crippen LogP contribution in [0.25, 0.3) is 22.6 Å². The number of aromatic nitrogens is 5. The lowest BCUT2D eigenvalue weighted by Gasteiger charge is -2.29. The minimum atomic E-state index is -1.19. The number of nitrogens with zero attached hydrogens (tertiary/aromatic N) is 5. The molecule has 32 heavy (non-hydrogen) atoms. The van der Waals surface area contributed by atoms with E-state index >= 15 is 0 Å². The van der Waals surface area contributed by atoms with E-state index in [9.17, 15) is 9.90 Å². The summed E-state index contributed by atoms with van der Waals surface area (Å²) in [5.41, 5.74) is 5.07. The van der Waals surface area contributed by atoms with Crippen LogP contribution in [0, 0.1) is 5.41 Å². The average Bonchev–Trinajstić information content (AvgIpc) is 3.21. The molecule has 0 saturated heterocycles. The minimum absolute atomic E-state index is 0.133. The molecule has 4 rings (SSSR count). The van der Waals surface area contributed by atoms with Crippen molar-refractivity contribution in [2.45, 2.75) is 65.5 Å². The second-order valence-electron chi connectivity index (χ2n) is 10.8. The molecule has 0 unspecified atom stereocenters. The molecule has 0 fully saturated rings. The average molecular weight is 456 g/mol. The summed E-state index contributed by atoms with van der Waals surface area (Å²) in [5, 5.41) is 14.5. The Hall–Kier alpha value is -2.52. The topological polar surface area (TPSA) is 95.1 Å². The second kappa shape index (κ2) is 8.11. The van der Waals surface area contributed by atoms with E-state index in [0.717, 1.165) is 31.0 Å². The number of ether oxygens (including phenoxy) is 1. The first-order valence-corrected chi connectivity index (χ1v) is 14.9. The highest BCUT2D eigenvalue weighted by Crippen LogP contribution is 2.39. The molecule has 0 aromatic carbocycles. The summed E-state index contributed by atoms with van der Waals surface area (Å²) in [6, 6.07) is 1.05. The fourth-order valence-corrected chi connectivity index (χ4v) is 5.05. The van der Waals surface area contributed by atoms with Gasteiger partial charge in [-0.1, -0.05) is 33.5 Å². The maximum atomic E-state index is 11.9. The summed E-state index contributed by atoms with van der Waals surface area (Å²) in [7, 11) is 0.769. The number of carboxylic acid groups (broad SMARTS) is 1. The molecular weight excluding hydrogens is 422 g/mol. The highest BCUT2D eigenvalue weighted by molar-refractivity contribution is 6.76. The maximum absolute atomic E-state index is 11.9. The van der Waals surface area contributed by atoms with E-state index in [4.69, 9.17) is 14.8 Å². The van der Waals surface area contributed by atoms with E-state index in [1.807, 2.05) is 11.7 Å². The molecular formula is C23H33N5O3Si. The molecule has 9 heteroatoms. The third-order valence-electron chi connectivity index (χ3n) is 6.23. The van der Waals surface area contributed by atoms with Gasteiger partial charge in [-0.25, -0.2) is 14.8 Å². The van der Waals surface area contributed by atoms with Crippen molar-refractivity contribution in [3.05, 3.63) is 29.2 Å². The molecule has 0 amide bonds. The summed E-state index contributed by atoms with van der Waals surface area (Å²) in [5.74, 6) is -1.02. The summed E-state index contributed by atoms with van der Waals surface area (Å²) >= 11 is 0. The van der Waals surface area contributed by atoms with Crippen LogP contribution in [-0.4, -0.2) is 50.1 Å². The summed E-state index contributed by atoms with van der Waals surface area (Å²) < 4.78 is 9.50. The van der Waals surface area contributed by atoms with Crippen molar-refractivity contribution in [3.63, 3.8) is 0 Å². The number of rotatable bonds is 7. The van der Waals surface area contributed by atoms with Gasteiger partial charge in [-0.3, -0.25) is 4.68 Å². The smallest absolute Gasteiger partial charge is 0.339 e. The molecule has 0 saturated carbocycles. The Bertz CT molecular complexity index is 1170. The first-order chi connectivity index (χ1) is 15.0. The van der Waals surface area contributed by atoms with Crippen molar-refractivity contribution in [2.75, 3.05) is 6.61 Å². The number of aryl methyl sites for hydroxylation is 1. The zero-order valence-corrected chi connectivity index (χ0v) is 20.9. The van der Waals surface area contributed by atoms with E-state index in [1.54, 1.807) is 17.0 Å². The van der Waals surface area contributed by atoms with Gasteiger partial charge in [0.15, 0.2) is 5.65 Å². The van der Waals surface area contributed by atoms with Gasteiger partial charge in [0.2, 0.25) is 0 Å². The molecule has 1 aliphatic rings. The first kappa shape index (κ1) is 22.7. The summed E-state index contributed by atoms with van der Waals surface area (Å²) in [4.78, 5) is 21.3. The zero-order chi connectivity index (χ0) is 23.3. The van der Waals surface area contributed by atoms with Crippen LogP contribution in [0.1, 0.15) is 41.9 Å². The Balaban J connectivity index is 1.69. The molecule has 3 heterocycles. The van der Waals surface area contributed by atoms with E-state index in [2.05, 4.69) is 38.5 Å². The number of carboxylic acids is 1. The lowest BCUT2D eigenvalue weighted by molar-refractivity contribution is 0.0696. The van der Waals surface area contributed by atoms with Gasteiger partial charge < -0.3 is 14.4 Å². The number of aromatic carboxylic acids is 1. The number of hydrogen-bond donors (Lipinski definition) is 1. The zero-order valence-electron chi connectivity index (χ0n) is 19.9. The first-order valence-electron chi connectivity index (χ1n) is 11.2. The van der Waals surface area contributed by atoms with Gasteiger partial charge in [0.25, 0.3) is 0 Å². The van der Waals surface area contributed by atoms with E-state index < -0.39 is 14.0 Å². The molecule has 0 spiro atoms. The molecule has 8 nitrogen and oxygen atoms in total. The largest absolute Gasteiger partial charge is 0.478 e. The molecule has 0 radical (unpaired) electrons. The lowest BCUT2D eigenvalue weighted by atomic mass is 9.75. The Morgan fingerprint density at radius 2 is 2.06 bits per heavy atom. The summed E-state index contributed by atoms with van der Waals surface area (Å²) in [6.45, 7) is 12.4. The van der Waals surface area contributed by atoms with Crippen LogP contribution in [0.4, 0.5) is 0 Å². The normalized spacial score (nSPS) is 15.8.